The number of benzene rings is 2. The molecule has 2 aromatic carbocycles. The summed E-state index contributed by atoms with van der Waals surface area (Å²) in [5, 5.41) is 5.93. The molecule has 0 saturated carbocycles. The van der Waals surface area contributed by atoms with E-state index < -0.39 is 0 Å². The lowest BCUT2D eigenvalue weighted by atomic mass is 9.95. The van der Waals surface area contributed by atoms with Gasteiger partial charge in [0.25, 0.3) is 5.91 Å². The van der Waals surface area contributed by atoms with Crippen LogP contribution in [0.2, 0.25) is 0 Å². The van der Waals surface area contributed by atoms with Gasteiger partial charge in [-0.2, -0.15) is 0 Å². The summed E-state index contributed by atoms with van der Waals surface area (Å²) in [5.41, 5.74) is 2.13. The second-order valence-electron chi connectivity index (χ2n) is 8.39. The number of aromatic nitrogens is 1. The van der Waals surface area contributed by atoms with E-state index in [9.17, 15) is 9.59 Å². The van der Waals surface area contributed by atoms with Crippen LogP contribution in [0.4, 0.5) is 11.5 Å². The van der Waals surface area contributed by atoms with E-state index in [0.717, 1.165) is 30.0 Å². The van der Waals surface area contributed by atoms with Gasteiger partial charge < -0.3 is 25.0 Å². The molecule has 0 bridgehead atoms. The molecule has 2 N–H and O–H groups in total. The standard InChI is InChI=1S/C27H30N4O4/c1-34-22-7-5-6-19(16-22)18-29-26(32)20-11-14-31(15-12-20)25-17-21(10-13-28-25)27(33)30-23-8-3-4-9-24(23)35-2/h3-10,13,16-17,20H,11-12,14-15,18H2,1-2H3,(H,29,32)(H,30,33). The normalized spacial score (nSPS) is 13.7. The summed E-state index contributed by atoms with van der Waals surface area (Å²) in [6, 6.07) is 18.4. The number of methoxy groups -OCH3 is 2. The van der Waals surface area contributed by atoms with Gasteiger partial charge in [-0.15, -0.1) is 0 Å². The van der Waals surface area contributed by atoms with E-state index in [1.165, 1.54) is 0 Å². The maximum absolute atomic E-state index is 12.8. The minimum atomic E-state index is -0.232. The summed E-state index contributed by atoms with van der Waals surface area (Å²) in [4.78, 5) is 32.1. The van der Waals surface area contributed by atoms with Gasteiger partial charge in [0.2, 0.25) is 5.91 Å². The Bertz CT molecular complexity index is 1180. The van der Waals surface area contributed by atoms with Gasteiger partial charge in [-0.3, -0.25) is 9.59 Å². The summed E-state index contributed by atoms with van der Waals surface area (Å²) in [6.45, 7) is 1.87. The van der Waals surface area contributed by atoms with Gasteiger partial charge in [0.05, 0.1) is 19.9 Å². The van der Waals surface area contributed by atoms with Crippen molar-refractivity contribution < 1.29 is 19.1 Å². The maximum atomic E-state index is 12.8. The molecule has 1 saturated heterocycles. The number of anilines is 2. The number of ether oxygens (including phenoxy) is 2. The summed E-state index contributed by atoms with van der Waals surface area (Å²) in [7, 11) is 3.20. The minimum Gasteiger partial charge on any atom is -0.497 e. The molecule has 2 amide bonds. The van der Waals surface area contributed by atoms with Crippen LogP contribution in [-0.2, 0) is 11.3 Å². The first-order chi connectivity index (χ1) is 17.1. The van der Waals surface area contributed by atoms with E-state index in [0.29, 0.717) is 36.6 Å². The number of piperidine rings is 1. The molecule has 2 heterocycles. The first-order valence-corrected chi connectivity index (χ1v) is 11.6. The Morgan fingerprint density at radius 2 is 1.80 bits per heavy atom. The molecule has 1 aliphatic rings. The van der Waals surface area contributed by atoms with Crippen molar-refractivity contribution in [2.24, 2.45) is 5.92 Å². The Hall–Kier alpha value is -4.07. The third-order valence-electron chi connectivity index (χ3n) is 6.15. The molecule has 1 aromatic heterocycles. The number of amides is 2. The second-order valence-corrected chi connectivity index (χ2v) is 8.39. The van der Waals surface area contributed by atoms with Crippen molar-refractivity contribution in [1.82, 2.24) is 10.3 Å². The average molecular weight is 475 g/mol. The van der Waals surface area contributed by atoms with Gasteiger partial charge in [-0.1, -0.05) is 24.3 Å². The van der Waals surface area contributed by atoms with Gasteiger partial charge in [-0.05, 0) is 54.8 Å². The molecule has 1 fully saturated rings. The van der Waals surface area contributed by atoms with Gasteiger partial charge in [-0.25, -0.2) is 4.98 Å². The Labute approximate surface area is 205 Å². The van der Waals surface area contributed by atoms with Crippen molar-refractivity contribution >= 4 is 23.3 Å². The third kappa shape index (κ3) is 6.09. The summed E-state index contributed by atoms with van der Waals surface area (Å²) in [6.07, 6.45) is 3.09. The molecule has 3 aromatic rings. The van der Waals surface area contributed by atoms with Crippen molar-refractivity contribution in [1.29, 1.82) is 0 Å². The number of nitrogens with one attached hydrogen (secondary N) is 2. The monoisotopic (exact) mass is 474 g/mol. The Kier molecular flexibility index (Phi) is 7.82. The van der Waals surface area contributed by atoms with E-state index in [-0.39, 0.29) is 17.7 Å². The van der Waals surface area contributed by atoms with E-state index >= 15 is 0 Å². The zero-order chi connectivity index (χ0) is 24.6. The zero-order valence-corrected chi connectivity index (χ0v) is 20.0. The highest BCUT2D eigenvalue weighted by Crippen LogP contribution is 2.25. The van der Waals surface area contributed by atoms with Crippen LogP contribution in [0.3, 0.4) is 0 Å². The minimum absolute atomic E-state index is 0.0473. The van der Waals surface area contributed by atoms with Gasteiger partial charge in [0, 0.05) is 37.3 Å². The quantitative estimate of drug-likeness (QED) is 0.515. The highest BCUT2D eigenvalue weighted by atomic mass is 16.5. The van der Waals surface area contributed by atoms with Crippen LogP contribution in [0.25, 0.3) is 0 Å². The molecule has 0 atom stereocenters. The summed E-state index contributed by atoms with van der Waals surface area (Å²) < 4.78 is 10.5. The highest BCUT2D eigenvalue weighted by Gasteiger charge is 2.26. The van der Waals surface area contributed by atoms with Crippen molar-refractivity contribution in [2.45, 2.75) is 19.4 Å². The summed E-state index contributed by atoms with van der Waals surface area (Å²) in [5.74, 6) is 1.88. The fourth-order valence-electron chi connectivity index (χ4n) is 4.16. The predicted molar refractivity (Wildman–Crippen MR) is 135 cm³/mol. The number of pyridine rings is 1. The molecule has 4 rings (SSSR count). The molecule has 0 unspecified atom stereocenters. The number of hydrogen-bond donors (Lipinski definition) is 2. The van der Waals surface area contributed by atoms with Crippen LogP contribution < -0.4 is 25.0 Å². The van der Waals surface area contributed by atoms with Crippen LogP contribution in [0.1, 0.15) is 28.8 Å². The number of nitrogens with zero attached hydrogens (tertiary/aromatic N) is 2. The van der Waals surface area contributed by atoms with Gasteiger partial charge in [0.15, 0.2) is 0 Å². The van der Waals surface area contributed by atoms with E-state index in [1.54, 1.807) is 44.7 Å². The Balaban J connectivity index is 1.31. The second kappa shape index (κ2) is 11.4. The fraction of sp³-hybridized carbons (Fsp3) is 0.296. The first-order valence-electron chi connectivity index (χ1n) is 11.6. The molecule has 182 valence electrons. The molecule has 8 nitrogen and oxygen atoms in total. The third-order valence-corrected chi connectivity index (χ3v) is 6.15. The Morgan fingerprint density at radius 3 is 2.57 bits per heavy atom. The number of hydrogen-bond acceptors (Lipinski definition) is 6. The van der Waals surface area contributed by atoms with Crippen LogP contribution in [0.15, 0.2) is 66.9 Å². The molecule has 1 aliphatic heterocycles. The zero-order valence-electron chi connectivity index (χ0n) is 20.0. The average Bonchev–Trinajstić information content (AvgIpc) is 2.92. The van der Waals surface area contributed by atoms with Gasteiger partial charge in [0.1, 0.15) is 17.3 Å². The van der Waals surface area contributed by atoms with Crippen molar-refractivity contribution in [3.05, 3.63) is 78.0 Å². The molecular formula is C27H30N4O4. The van der Waals surface area contributed by atoms with E-state index in [1.807, 2.05) is 36.4 Å². The number of rotatable bonds is 8. The van der Waals surface area contributed by atoms with Crippen LogP contribution in [0, 0.1) is 5.92 Å². The van der Waals surface area contributed by atoms with Crippen LogP contribution >= 0.6 is 0 Å². The molecule has 35 heavy (non-hydrogen) atoms. The molecular weight excluding hydrogens is 444 g/mol. The van der Waals surface area contributed by atoms with Crippen LogP contribution in [-0.4, -0.2) is 44.1 Å². The molecule has 0 aliphatic carbocycles. The highest BCUT2D eigenvalue weighted by molar-refractivity contribution is 6.05. The Morgan fingerprint density at radius 1 is 1.00 bits per heavy atom. The lowest BCUT2D eigenvalue weighted by molar-refractivity contribution is -0.125. The van der Waals surface area contributed by atoms with Crippen molar-refractivity contribution in [2.75, 3.05) is 37.5 Å². The molecule has 8 heteroatoms. The van der Waals surface area contributed by atoms with E-state index in [2.05, 4.69) is 20.5 Å². The molecule has 0 radical (unpaired) electrons. The van der Waals surface area contributed by atoms with Crippen molar-refractivity contribution in [3.63, 3.8) is 0 Å². The predicted octanol–water partition coefficient (Wildman–Crippen LogP) is 3.88. The lowest BCUT2D eigenvalue weighted by Gasteiger charge is -2.32. The van der Waals surface area contributed by atoms with Crippen LogP contribution in [0.5, 0.6) is 11.5 Å². The number of carbonyl (C=O) groups excluding carboxylic acids is 2. The molecule has 0 spiro atoms. The fourth-order valence-corrected chi connectivity index (χ4v) is 4.16. The van der Waals surface area contributed by atoms with E-state index in [4.69, 9.17) is 9.47 Å². The maximum Gasteiger partial charge on any atom is 0.255 e. The lowest BCUT2D eigenvalue weighted by Crippen LogP contribution is -2.40. The van der Waals surface area contributed by atoms with Gasteiger partial charge >= 0.3 is 0 Å². The topological polar surface area (TPSA) is 92.8 Å². The summed E-state index contributed by atoms with van der Waals surface area (Å²) >= 11 is 0. The SMILES string of the molecule is COc1cccc(CNC(=O)C2CCN(c3cc(C(=O)Nc4ccccc4OC)ccn3)CC2)c1. The largest absolute Gasteiger partial charge is 0.497 e. The number of carbonyl (C=O) groups is 2. The smallest absolute Gasteiger partial charge is 0.255 e. The first kappa shape index (κ1) is 24.1. The van der Waals surface area contributed by atoms with Crippen molar-refractivity contribution in [3.8, 4) is 11.5 Å². The number of para-hydroxylation sites is 2.